The normalized spacial score (nSPS) is 15.0. The monoisotopic (exact) mass is 429 g/mol. The van der Waals surface area contributed by atoms with Crippen molar-refractivity contribution in [2.45, 2.75) is 77.0 Å². The Morgan fingerprint density at radius 2 is 1.73 bits per heavy atom. The van der Waals surface area contributed by atoms with Crippen molar-refractivity contribution in [3.8, 4) is 11.4 Å². The van der Waals surface area contributed by atoms with Crippen molar-refractivity contribution in [2.75, 3.05) is 23.7 Å². The molecule has 1 N–H and O–H groups in total. The van der Waals surface area contributed by atoms with Gasteiger partial charge >= 0.3 is 0 Å². The first-order valence-electron chi connectivity index (χ1n) is 11.4. The van der Waals surface area contributed by atoms with Gasteiger partial charge in [-0.1, -0.05) is 37.4 Å². The highest BCUT2D eigenvalue weighted by Gasteiger charge is 2.18. The second kappa shape index (κ2) is 11.4. The van der Waals surface area contributed by atoms with E-state index < -0.39 is 0 Å². The molecular formula is C23H35N5OS. The Hall–Kier alpha value is -2.02. The summed E-state index contributed by atoms with van der Waals surface area (Å²) in [5, 5.41) is 12.8. The third kappa shape index (κ3) is 5.78. The molecule has 1 aromatic heterocycles. The van der Waals surface area contributed by atoms with E-state index >= 15 is 0 Å². The highest BCUT2D eigenvalue weighted by molar-refractivity contribution is 7.99. The summed E-state index contributed by atoms with van der Waals surface area (Å²) in [4.78, 5) is 14.8. The quantitative estimate of drug-likeness (QED) is 0.461. The van der Waals surface area contributed by atoms with Gasteiger partial charge in [-0.3, -0.25) is 4.79 Å². The number of hydrogen-bond donors (Lipinski definition) is 1. The zero-order chi connectivity index (χ0) is 21.3. The first-order valence-corrected chi connectivity index (χ1v) is 12.4. The molecule has 0 aliphatic heterocycles. The number of thioether (sulfide) groups is 1. The molecule has 30 heavy (non-hydrogen) atoms. The standard InChI is InChI=1S/C23H35N5OS/c1-4-27(5-2)20-15-13-18(14-16-20)22-25-26-23(28(22)6-3)30-17-21(29)24-19-11-9-7-8-10-12-19/h13-16,19H,4-12,17H2,1-3H3,(H,24,29). The van der Waals surface area contributed by atoms with Crippen molar-refractivity contribution < 1.29 is 4.79 Å². The average molecular weight is 430 g/mol. The van der Waals surface area contributed by atoms with Crippen LogP contribution in [0.2, 0.25) is 0 Å². The van der Waals surface area contributed by atoms with E-state index in [1.807, 2.05) is 0 Å². The molecule has 0 unspecified atom stereocenters. The lowest BCUT2D eigenvalue weighted by atomic mass is 10.1. The summed E-state index contributed by atoms with van der Waals surface area (Å²) in [5.41, 5.74) is 2.27. The Bertz CT molecular complexity index is 792. The van der Waals surface area contributed by atoms with E-state index in [2.05, 4.69) is 70.0 Å². The second-order valence-corrected chi connectivity index (χ2v) is 8.76. The Morgan fingerprint density at radius 3 is 2.33 bits per heavy atom. The number of anilines is 1. The Kier molecular flexibility index (Phi) is 8.61. The van der Waals surface area contributed by atoms with Crippen molar-refractivity contribution in [1.29, 1.82) is 0 Å². The van der Waals surface area contributed by atoms with Crippen LogP contribution < -0.4 is 10.2 Å². The van der Waals surface area contributed by atoms with Crippen molar-refractivity contribution in [2.24, 2.45) is 0 Å². The van der Waals surface area contributed by atoms with Gasteiger partial charge in [0.25, 0.3) is 0 Å². The van der Waals surface area contributed by atoms with Crippen LogP contribution in [-0.4, -0.2) is 45.6 Å². The number of rotatable bonds is 9. The van der Waals surface area contributed by atoms with Gasteiger partial charge < -0.3 is 14.8 Å². The van der Waals surface area contributed by atoms with E-state index in [4.69, 9.17) is 0 Å². The van der Waals surface area contributed by atoms with Crippen molar-refractivity contribution >= 4 is 23.4 Å². The first-order chi connectivity index (χ1) is 14.7. The van der Waals surface area contributed by atoms with Gasteiger partial charge in [0.05, 0.1) is 5.75 Å². The van der Waals surface area contributed by atoms with Gasteiger partial charge in [0.1, 0.15) is 0 Å². The van der Waals surface area contributed by atoms with E-state index in [0.717, 1.165) is 49.0 Å². The highest BCUT2D eigenvalue weighted by atomic mass is 32.2. The molecular weight excluding hydrogens is 394 g/mol. The van der Waals surface area contributed by atoms with Crippen LogP contribution in [0.15, 0.2) is 29.4 Å². The molecule has 1 fully saturated rings. The molecule has 1 aliphatic carbocycles. The van der Waals surface area contributed by atoms with Crippen molar-refractivity contribution in [3.05, 3.63) is 24.3 Å². The largest absolute Gasteiger partial charge is 0.372 e. The molecule has 1 amide bonds. The van der Waals surface area contributed by atoms with E-state index in [1.165, 1.54) is 43.1 Å². The molecule has 0 atom stereocenters. The summed E-state index contributed by atoms with van der Waals surface area (Å²) in [6.07, 6.45) is 7.24. The Balaban J connectivity index is 1.63. The Morgan fingerprint density at radius 1 is 1.07 bits per heavy atom. The topological polar surface area (TPSA) is 63.1 Å². The summed E-state index contributed by atoms with van der Waals surface area (Å²) in [6, 6.07) is 8.84. The fourth-order valence-corrected chi connectivity index (χ4v) is 4.94. The number of nitrogens with zero attached hydrogens (tertiary/aromatic N) is 4. The second-order valence-electron chi connectivity index (χ2n) is 7.81. The minimum Gasteiger partial charge on any atom is -0.372 e. The molecule has 6 nitrogen and oxygen atoms in total. The highest BCUT2D eigenvalue weighted by Crippen LogP contribution is 2.26. The first kappa shape index (κ1) is 22.7. The van der Waals surface area contributed by atoms with E-state index in [9.17, 15) is 4.79 Å². The number of hydrogen-bond acceptors (Lipinski definition) is 5. The van der Waals surface area contributed by atoms with Crippen LogP contribution in [0.25, 0.3) is 11.4 Å². The SMILES string of the molecule is CCN(CC)c1ccc(-c2nnc(SCC(=O)NC3CCCCCC3)n2CC)cc1. The minimum atomic E-state index is 0.0997. The molecule has 2 aromatic rings. The summed E-state index contributed by atoms with van der Waals surface area (Å²) in [7, 11) is 0. The average Bonchev–Trinajstić information content (AvgIpc) is 3.01. The number of carbonyl (C=O) groups excluding carboxylic acids is 1. The number of aromatic nitrogens is 3. The summed E-state index contributed by atoms with van der Waals surface area (Å²) < 4.78 is 2.09. The van der Waals surface area contributed by atoms with E-state index in [-0.39, 0.29) is 5.91 Å². The maximum Gasteiger partial charge on any atom is 0.230 e. The molecule has 1 saturated carbocycles. The number of carbonyl (C=O) groups is 1. The van der Waals surface area contributed by atoms with Gasteiger partial charge in [0.2, 0.25) is 5.91 Å². The van der Waals surface area contributed by atoms with Gasteiger partial charge in [-0.05, 0) is 57.9 Å². The van der Waals surface area contributed by atoms with Gasteiger partial charge in [-0.2, -0.15) is 0 Å². The fourth-order valence-electron chi connectivity index (χ4n) is 4.13. The molecule has 0 radical (unpaired) electrons. The molecule has 0 bridgehead atoms. The van der Waals surface area contributed by atoms with E-state index in [0.29, 0.717) is 11.8 Å². The maximum absolute atomic E-state index is 12.4. The lowest BCUT2D eigenvalue weighted by Crippen LogP contribution is -2.35. The van der Waals surface area contributed by atoms with Crippen molar-refractivity contribution in [3.63, 3.8) is 0 Å². The predicted molar refractivity (Wildman–Crippen MR) is 125 cm³/mol. The van der Waals surface area contributed by atoms with Gasteiger partial charge in [-0.25, -0.2) is 0 Å². The van der Waals surface area contributed by atoms with Crippen LogP contribution in [0.4, 0.5) is 5.69 Å². The van der Waals surface area contributed by atoms with Crippen LogP contribution in [0.5, 0.6) is 0 Å². The maximum atomic E-state index is 12.4. The smallest absolute Gasteiger partial charge is 0.230 e. The molecule has 3 rings (SSSR count). The molecule has 1 aromatic carbocycles. The molecule has 1 aliphatic rings. The van der Waals surface area contributed by atoms with Crippen LogP contribution in [0.3, 0.4) is 0 Å². The fraction of sp³-hybridized carbons (Fsp3) is 0.609. The lowest BCUT2D eigenvalue weighted by Gasteiger charge is -2.21. The van der Waals surface area contributed by atoms with Crippen LogP contribution >= 0.6 is 11.8 Å². The van der Waals surface area contributed by atoms with Gasteiger partial charge in [0, 0.05) is 36.9 Å². The molecule has 0 saturated heterocycles. The molecule has 7 heteroatoms. The summed E-state index contributed by atoms with van der Waals surface area (Å²) >= 11 is 1.47. The number of benzene rings is 1. The number of amides is 1. The van der Waals surface area contributed by atoms with Crippen molar-refractivity contribution in [1.82, 2.24) is 20.1 Å². The zero-order valence-corrected chi connectivity index (χ0v) is 19.4. The van der Waals surface area contributed by atoms with Gasteiger partial charge in [-0.15, -0.1) is 10.2 Å². The third-order valence-electron chi connectivity index (χ3n) is 5.84. The molecule has 164 valence electrons. The minimum absolute atomic E-state index is 0.0997. The summed E-state index contributed by atoms with van der Waals surface area (Å²) in [6.45, 7) is 9.18. The van der Waals surface area contributed by atoms with Gasteiger partial charge in [0.15, 0.2) is 11.0 Å². The van der Waals surface area contributed by atoms with Crippen LogP contribution in [0, 0.1) is 0 Å². The molecule has 0 spiro atoms. The van der Waals surface area contributed by atoms with Crippen LogP contribution in [-0.2, 0) is 11.3 Å². The predicted octanol–water partition coefficient (Wildman–Crippen LogP) is 4.74. The Labute approximate surface area is 184 Å². The van der Waals surface area contributed by atoms with E-state index in [1.54, 1.807) is 0 Å². The molecule has 1 heterocycles. The third-order valence-corrected chi connectivity index (χ3v) is 6.81. The lowest BCUT2D eigenvalue weighted by molar-refractivity contribution is -0.119. The zero-order valence-electron chi connectivity index (χ0n) is 18.6. The summed E-state index contributed by atoms with van der Waals surface area (Å²) in [5.74, 6) is 1.34. The number of nitrogens with one attached hydrogen (secondary N) is 1. The van der Waals surface area contributed by atoms with Crippen LogP contribution in [0.1, 0.15) is 59.3 Å².